The summed E-state index contributed by atoms with van der Waals surface area (Å²) >= 11 is 1.87. The summed E-state index contributed by atoms with van der Waals surface area (Å²) in [6.07, 6.45) is 16.4. The Morgan fingerprint density at radius 1 is 0.511 bits per heavy atom. The fraction of sp³-hybridized carbons (Fsp3) is 0.0233. The highest BCUT2D eigenvalue weighted by molar-refractivity contribution is 7.25. The molecule has 0 saturated carbocycles. The molecule has 0 radical (unpaired) electrons. The Kier molecular flexibility index (Phi) is 5.14. The molecule has 0 amide bonds. The lowest BCUT2D eigenvalue weighted by molar-refractivity contribution is 0.701. The van der Waals surface area contributed by atoms with Crippen LogP contribution >= 0.6 is 11.3 Å². The predicted molar refractivity (Wildman–Crippen MR) is 193 cm³/mol. The molecular formula is C43H27NS. The van der Waals surface area contributed by atoms with Gasteiger partial charge in [-0.2, -0.15) is 0 Å². The van der Waals surface area contributed by atoms with Crippen LogP contribution in [0.3, 0.4) is 0 Å². The number of rotatable bonds is 3. The van der Waals surface area contributed by atoms with Crippen LogP contribution in [0.1, 0.15) is 22.3 Å². The number of allylic oxidation sites excluding steroid dienone is 7. The SMILES string of the molecule is C1=CC2(C(Nc3ccccc3-c3cccc4sc5ccccc5c34)=CC=C3C2=Cc2ccccc23)C2=Cc3ccccc3C2=C1. The van der Waals surface area contributed by atoms with Crippen molar-refractivity contribution >= 4 is 60.5 Å². The number of thiophene rings is 1. The largest absolute Gasteiger partial charge is 0.357 e. The summed E-state index contributed by atoms with van der Waals surface area (Å²) in [5.74, 6) is 0. The fourth-order valence-corrected chi connectivity index (χ4v) is 9.04. The summed E-state index contributed by atoms with van der Waals surface area (Å²) in [5, 5.41) is 6.69. The highest BCUT2D eigenvalue weighted by atomic mass is 32.1. The van der Waals surface area contributed by atoms with E-state index in [1.165, 1.54) is 81.5 Å². The van der Waals surface area contributed by atoms with Gasteiger partial charge in [0.1, 0.15) is 0 Å². The Labute approximate surface area is 266 Å². The number of anilines is 1. The summed E-state index contributed by atoms with van der Waals surface area (Å²) in [5.41, 5.74) is 14.7. The van der Waals surface area contributed by atoms with Crippen LogP contribution < -0.4 is 5.32 Å². The third-order valence-electron chi connectivity index (χ3n) is 9.87. The third-order valence-corrected chi connectivity index (χ3v) is 11.0. The second-order valence-corrected chi connectivity index (χ2v) is 13.2. The van der Waals surface area contributed by atoms with E-state index in [-0.39, 0.29) is 0 Å². The average molecular weight is 590 g/mol. The smallest absolute Gasteiger partial charge is 0.0798 e. The Hall–Kier alpha value is -5.44. The van der Waals surface area contributed by atoms with Gasteiger partial charge in [0, 0.05) is 37.1 Å². The molecule has 0 saturated heterocycles. The van der Waals surface area contributed by atoms with E-state index in [0.717, 1.165) is 5.69 Å². The van der Waals surface area contributed by atoms with Crippen LogP contribution in [-0.2, 0) is 0 Å². The molecule has 0 aliphatic heterocycles. The lowest BCUT2D eigenvalue weighted by atomic mass is 9.63. The number of fused-ring (bicyclic) bond motifs is 11. The Bertz CT molecular complexity index is 2430. The van der Waals surface area contributed by atoms with E-state index >= 15 is 0 Å². The molecule has 4 aliphatic rings. The summed E-state index contributed by atoms with van der Waals surface area (Å²) in [4.78, 5) is 0. The quantitative estimate of drug-likeness (QED) is 0.216. The number of hydrogen-bond acceptors (Lipinski definition) is 2. The molecule has 1 nitrogen and oxygen atoms in total. The zero-order valence-corrected chi connectivity index (χ0v) is 25.2. The topological polar surface area (TPSA) is 12.0 Å². The Morgan fingerprint density at radius 2 is 1.13 bits per heavy atom. The molecule has 1 atom stereocenters. The van der Waals surface area contributed by atoms with Gasteiger partial charge < -0.3 is 5.32 Å². The second kappa shape index (κ2) is 9.28. The van der Waals surface area contributed by atoms with E-state index < -0.39 is 5.41 Å². The van der Waals surface area contributed by atoms with Gasteiger partial charge in [-0.1, -0.05) is 121 Å². The minimum atomic E-state index is -0.458. The Morgan fingerprint density at radius 3 is 1.93 bits per heavy atom. The lowest BCUT2D eigenvalue weighted by Crippen LogP contribution is -2.33. The van der Waals surface area contributed by atoms with Crippen LogP contribution in [0.4, 0.5) is 5.69 Å². The molecule has 4 aliphatic carbocycles. The van der Waals surface area contributed by atoms with Crippen LogP contribution in [0, 0.1) is 5.41 Å². The van der Waals surface area contributed by atoms with Gasteiger partial charge in [0.25, 0.3) is 0 Å². The molecule has 10 rings (SSSR count). The molecule has 5 aromatic carbocycles. The molecule has 1 aromatic heterocycles. The number of nitrogens with one attached hydrogen (secondary N) is 1. The van der Waals surface area contributed by atoms with Crippen LogP contribution in [0.2, 0.25) is 0 Å². The van der Waals surface area contributed by atoms with Crippen LogP contribution in [0.15, 0.2) is 162 Å². The van der Waals surface area contributed by atoms with Crippen LogP contribution in [0.5, 0.6) is 0 Å². The van der Waals surface area contributed by atoms with E-state index in [1.54, 1.807) is 0 Å². The first kappa shape index (κ1) is 24.9. The average Bonchev–Trinajstić information content (AvgIpc) is 3.79. The maximum Gasteiger partial charge on any atom is 0.0798 e. The summed E-state index contributed by atoms with van der Waals surface area (Å²) in [6, 6.07) is 41.9. The fourth-order valence-electron chi connectivity index (χ4n) is 7.91. The molecule has 1 N–H and O–H groups in total. The normalized spacial score (nSPS) is 18.9. The van der Waals surface area contributed by atoms with E-state index in [2.05, 4.69) is 163 Å². The molecule has 1 spiro atoms. The van der Waals surface area contributed by atoms with Gasteiger partial charge in [0.15, 0.2) is 0 Å². The standard InChI is InChI=1S/C43H27NS/c1-3-13-29-27(11-1)25-36-31(29)18-10-24-43(36)37-26-28-12-2-4-14-30(28)32(37)22-23-41(43)44-38-19-7-5-15-33(38)34-17-9-21-40-42(34)35-16-6-8-20-39(35)45-40/h1-26,44H. The van der Waals surface area contributed by atoms with Gasteiger partial charge in [0.2, 0.25) is 0 Å². The zero-order valence-electron chi connectivity index (χ0n) is 24.4. The van der Waals surface area contributed by atoms with Gasteiger partial charge >= 0.3 is 0 Å². The molecule has 210 valence electrons. The van der Waals surface area contributed by atoms with Crippen molar-refractivity contribution in [3.8, 4) is 11.1 Å². The first-order chi connectivity index (χ1) is 22.3. The number of hydrogen-bond donors (Lipinski definition) is 1. The number of para-hydroxylation sites is 1. The highest BCUT2D eigenvalue weighted by Crippen LogP contribution is 2.61. The maximum absolute atomic E-state index is 4.05. The minimum Gasteiger partial charge on any atom is -0.357 e. The first-order valence-corrected chi connectivity index (χ1v) is 16.3. The van der Waals surface area contributed by atoms with Crippen molar-refractivity contribution in [3.63, 3.8) is 0 Å². The first-order valence-electron chi connectivity index (χ1n) is 15.5. The van der Waals surface area contributed by atoms with E-state index in [1.807, 2.05) is 11.3 Å². The summed E-state index contributed by atoms with van der Waals surface area (Å²) < 4.78 is 2.64. The summed E-state index contributed by atoms with van der Waals surface area (Å²) in [7, 11) is 0. The Balaban J connectivity index is 1.18. The van der Waals surface area contributed by atoms with Gasteiger partial charge in [-0.25, -0.2) is 0 Å². The van der Waals surface area contributed by atoms with Crippen molar-refractivity contribution < 1.29 is 0 Å². The molecule has 0 bridgehead atoms. The zero-order chi connectivity index (χ0) is 29.5. The molecule has 0 fully saturated rings. The molecule has 2 heteroatoms. The van der Waals surface area contributed by atoms with E-state index in [0.29, 0.717) is 0 Å². The van der Waals surface area contributed by atoms with Crippen molar-refractivity contribution in [3.05, 3.63) is 185 Å². The van der Waals surface area contributed by atoms with Gasteiger partial charge in [-0.05, 0) is 86.5 Å². The molecule has 1 heterocycles. The van der Waals surface area contributed by atoms with Gasteiger partial charge in [0.05, 0.1) is 5.41 Å². The van der Waals surface area contributed by atoms with Crippen LogP contribution in [-0.4, -0.2) is 0 Å². The van der Waals surface area contributed by atoms with Gasteiger partial charge in [-0.15, -0.1) is 11.3 Å². The van der Waals surface area contributed by atoms with Crippen molar-refractivity contribution in [2.45, 2.75) is 0 Å². The van der Waals surface area contributed by atoms with Crippen molar-refractivity contribution in [1.29, 1.82) is 0 Å². The molecule has 6 aromatic rings. The summed E-state index contributed by atoms with van der Waals surface area (Å²) in [6.45, 7) is 0. The highest BCUT2D eigenvalue weighted by Gasteiger charge is 2.48. The minimum absolute atomic E-state index is 0.458. The molecule has 1 unspecified atom stereocenters. The van der Waals surface area contributed by atoms with Crippen molar-refractivity contribution in [2.24, 2.45) is 5.41 Å². The predicted octanol–water partition coefficient (Wildman–Crippen LogP) is 11.5. The van der Waals surface area contributed by atoms with Gasteiger partial charge in [-0.3, -0.25) is 0 Å². The monoisotopic (exact) mass is 589 g/mol. The van der Waals surface area contributed by atoms with Crippen molar-refractivity contribution in [2.75, 3.05) is 5.32 Å². The maximum atomic E-state index is 4.05. The number of benzene rings is 5. The third kappa shape index (κ3) is 3.43. The molecular weight excluding hydrogens is 563 g/mol. The van der Waals surface area contributed by atoms with Crippen molar-refractivity contribution in [1.82, 2.24) is 0 Å². The van der Waals surface area contributed by atoms with Crippen LogP contribution in [0.25, 0.3) is 54.6 Å². The van der Waals surface area contributed by atoms with E-state index in [4.69, 9.17) is 0 Å². The molecule has 45 heavy (non-hydrogen) atoms. The lowest BCUT2D eigenvalue weighted by Gasteiger charge is -2.42. The second-order valence-electron chi connectivity index (χ2n) is 12.1. The van der Waals surface area contributed by atoms with E-state index in [9.17, 15) is 0 Å².